The molecule has 5 nitrogen and oxygen atoms in total. The second-order valence-electron chi connectivity index (χ2n) is 5.36. The highest BCUT2D eigenvalue weighted by molar-refractivity contribution is 9.10. The van der Waals surface area contributed by atoms with Gasteiger partial charge < -0.3 is 9.80 Å². The van der Waals surface area contributed by atoms with E-state index in [0.29, 0.717) is 11.1 Å². The van der Waals surface area contributed by atoms with E-state index in [1.165, 1.54) is 5.69 Å². The van der Waals surface area contributed by atoms with Crippen molar-refractivity contribution in [2.45, 2.75) is 18.9 Å². The monoisotopic (exact) mass is 381 g/mol. The lowest BCUT2D eigenvalue weighted by Gasteiger charge is -2.38. The van der Waals surface area contributed by atoms with E-state index in [-0.39, 0.29) is 0 Å². The van der Waals surface area contributed by atoms with Crippen molar-refractivity contribution >= 4 is 39.2 Å². The number of nitrogens with zero attached hydrogens (tertiary/aromatic N) is 5. The largest absolute Gasteiger partial charge is 0.370 e. The number of halogens is 2. The van der Waals surface area contributed by atoms with Gasteiger partial charge in [0.2, 0.25) is 5.95 Å². The molecule has 0 N–H and O–H groups in total. The van der Waals surface area contributed by atoms with Crippen LogP contribution in [0.1, 0.15) is 12.8 Å². The van der Waals surface area contributed by atoms with E-state index in [0.717, 1.165) is 36.4 Å². The minimum absolute atomic E-state index is 0.443. The summed E-state index contributed by atoms with van der Waals surface area (Å²) in [6.45, 7) is 2.01. The molecule has 1 fully saturated rings. The Kier molecular flexibility index (Phi) is 4.78. The van der Waals surface area contributed by atoms with Gasteiger partial charge in [-0.3, -0.25) is 4.98 Å². The van der Waals surface area contributed by atoms with Gasteiger partial charge in [-0.15, -0.1) is 0 Å². The zero-order chi connectivity index (χ0) is 15.5. The van der Waals surface area contributed by atoms with Crippen molar-refractivity contribution in [3.63, 3.8) is 0 Å². The van der Waals surface area contributed by atoms with Crippen molar-refractivity contribution in [2.24, 2.45) is 0 Å². The molecule has 0 spiro atoms. The Morgan fingerprint density at radius 2 is 1.91 bits per heavy atom. The van der Waals surface area contributed by atoms with E-state index in [1.54, 1.807) is 12.4 Å². The summed E-state index contributed by atoms with van der Waals surface area (Å²) in [7, 11) is 2.05. The molecular formula is C15H17BrClN5. The smallest absolute Gasteiger partial charge is 0.225 e. The highest BCUT2D eigenvalue weighted by Gasteiger charge is 2.24. The predicted octanol–water partition coefficient (Wildman–Crippen LogP) is 3.39. The van der Waals surface area contributed by atoms with Gasteiger partial charge in [0.1, 0.15) is 0 Å². The van der Waals surface area contributed by atoms with Crippen LogP contribution in [-0.4, -0.2) is 41.1 Å². The molecule has 1 aliphatic heterocycles. The molecule has 0 aromatic carbocycles. The normalized spacial score (nSPS) is 15.9. The average molecular weight is 383 g/mol. The van der Waals surface area contributed by atoms with Gasteiger partial charge in [0.15, 0.2) is 0 Å². The molecule has 116 valence electrons. The summed E-state index contributed by atoms with van der Waals surface area (Å²) in [6.07, 6.45) is 9.09. The maximum absolute atomic E-state index is 5.84. The Morgan fingerprint density at radius 3 is 2.55 bits per heavy atom. The molecule has 3 heterocycles. The number of aromatic nitrogens is 3. The van der Waals surface area contributed by atoms with Crippen LogP contribution in [0, 0.1) is 0 Å². The van der Waals surface area contributed by atoms with Crippen LogP contribution in [0.3, 0.4) is 0 Å². The van der Waals surface area contributed by atoms with Gasteiger partial charge in [0, 0.05) is 38.6 Å². The van der Waals surface area contributed by atoms with Crippen LogP contribution in [0.5, 0.6) is 0 Å². The molecule has 0 aliphatic carbocycles. The van der Waals surface area contributed by atoms with Crippen molar-refractivity contribution in [3.8, 4) is 0 Å². The van der Waals surface area contributed by atoms with Crippen LogP contribution in [0.15, 0.2) is 35.3 Å². The molecule has 1 aliphatic rings. The highest BCUT2D eigenvalue weighted by atomic mass is 79.9. The maximum Gasteiger partial charge on any atom is 0.225 e. The van der Waals surface area contributed by atoms with E-state index < -0.39 is 0 Å². The van der Waals surface area contributed by atoms with E-state index in [2.05, 4.69) is 46.7 Å². The fourth-order valence-electron chi connectivity index (χ4n) is 2.77. The van der Waals surface area contributed by atoms with Crippen LogP contribution < -0.4 is 9.80 Å². The van der Waals surface area contributed by atoms with Crippen molar-refractivity contribution in [1.29, 1.82) is 0 Å². The lowest BCUT2D eigenvalue weighted by molar-refractivity contribution is 0.477. The topological polar surface area (TPSA) is 45.2 Å². The van der Waals surface area contributed by atoms with Crippen LogP contribution in [0.2, 0.25) is 5.02 Å². The van der Waals surface area contributed by atoms with Gasteiger partial charge in [0.25, 0.3) is 0 Å². The van der Waals surface area contributed by atoms with Gasteiger partial charge in [-0.1, -0.05) is 11.6 Å². The van der Waals surface area contributed by atoms with Gasteiger partial charge in [0.05, 0.1) is 27.6 Å². The minimum atomic E-state index is 0.443. The SMILES string of the molecule is CN(c1ncc(Cl)cn1)C1CCN(c2ccncc2Br)CC1. The molecule has 0 radical (unpaired) electrons. The third-order valence-corrected chi connectivity index (χ3v) is 4.83. The van der Waals surface area contributed by atoms with Crippen molar-refractivity contribution in [3.05, 3.63) is 40.3 Å². The van der Waals surface area contributed by atoms with E-state index in [1.807, 2.05) is 19.4 Å². The Hall–Kier alpha value is -1.40. The van der Waals surface area contributed by atoms with Crippen molar-refractivity contribution in [2.75, 3.05) is 29.9 Å². The summed E-state index contributed by atoms with van der Waals surface area (Å²) in [5.41, 5.74) is 1.21. The summed E-state index contributed by atoms with van der Waals surface area (Å²) in [6, 6.07) is 2.49. The summed E-state index contributed by atoms with van der Waals surface area (Å²) < 4.78 is 1.04. The van der Waals surface area contributed by atoms with Crippen LogP contribution in [0.25, 0.3) is 0 Å². The number of piperidine rings is 1. The highest BCUT2D eigenvalue weighted by Crippen LogP contribution is 2.29. The average Bonchev–Trinajstić information content (AvgIpc) is 2.56. The first-order valence-corrected chi connectivity index (χ1v) is 8.37. The summed E-state index contributed by atoms with van der Waals surface area (Å²) in [4.78, 5) is 17.3. The number of rotatable bonds is 3. The molecule has 0 saturated carbocycles. The van der Waals surface area contributed by atoms with Gasteiger partial charge >= 0.3 is 0 Å². The Bertz CT molecular complexity index is 628. The molecule has 3 rings (SSSR count). The first kappa shape index (κ1) is 15.5. The first-order chi connectivity index (χ1) is 10.6. The molecule has 2 aromatic heterocycles. The standard InChI is InChI=1S/C15H17BrClN5/c1-21(15-19-8-11(17)9-20-15)12-3-6-22(7-4-12)14-2-5-18-10-13(14)16/h2,5,8-10,12H,3-4,6-7H2,1H3. The molecule has 0 bridgehead atoms. The maximum atomic E-state index is 5.84. The third-order valence-electron chi connectivity index (χ3n) is 4.03. The summed E-state index contributed by atoms with van der Waals surface area (Å²) >= 11 is 9.42. The lowest BCUT2D eigenvalue weighted by Crippen LogP contribution is -2.44. The third kappa shape index (κ3) is 3.33. The number of hydrogen-bond donors (Lipinski definition) is 0. The first-order valence-electron chi connectivity index (χ1n) is 7.20. The number of pyridine rings is 1. The number of hydrogen-bond acceptors (Lipinski definition) is 5. The lowest BCUT2D eigenvalue weighted by atomic mass is 10.0. The number of anilines is 2. The Morgan fingerprint density at radius 1 is 1.23 bits per heavy atom. The van der Waals surface area contributed by atoms with Crippen molar-refractivity contribution in [1.82, 2.24) is 15.0 Å². The zero-order valence-corrected chi connectivity index (χ0v) is 14.6. The van der Waals surface area contributed by atoms with Crippen LogP contribution >= 0.6 is 27.5 Å². The predicted molar refractivity (Wildman–Crippen MR) is 92.6 cm³/mol. The zero-order valence-electron chi connectivity index (χ0n) is 12.3. The summed E-state index contributed by atoms with van der Waals surface area (Å²) in [5.74, 6) is 0.730. The Balaban J connectivity index is 1.64. The molecule has 0 atom stereocenters. The van der Waals surface area contributed by atoms with Gasteiger partial charge in [-0.05, 0) is 34.8 Å². The fraction of sp³-hybridized carbons (Fsp3) is 0.400. The van der Waals surface area contributed by atoms with Gasteiger partial charge in [-0.2, -0.15) is 0 Å². The molecular weight excluding hydrogens is 366 g/mol. The summed E-state index contributed by atoms with van der Waals surface area (Å²) in [5, 5.41) is 0.564. The molecule has 22 heavy (non-hydrogen) atoms. The fourth-order valence-corrected chi connectivity index (χ4v) is 3.37. The van der Waals surface area contributed by atoms with E-state index >= 15 is 0 Å². The molecule has 0 unspecified atom stereocenters. The quantitative estimate of drug-likeness (QED) is 0.814. The van der Waals surface area contributed by atoms with E-state index in [4.69, 9.17) is 11.6 Å². The molecule has 0 amide bonds. The second kappa shape index (κ2) is 6.79. The Labute approximate surface area is 143 Å². The van der Waals surface area contributed by atoms with Crippen molar-refractivity contribution < 1.29 is 0 Å². The molecule has 2 aromatic rings. The second-order valence-corrected chi connectivity index (χ2v) is 6.65. The van der Waals surface area contributed by atoms with Crippen LogP contribution in [-0.2, 0) is 0 Å². The molecule has 1 saturated heterocycles. The van der Waals surface area contributed by atoms with Gasteiger partial charge in [-0.25, -0.2) is 9.97 Å². The molecule has 7 heteroatoms. The van der Waals surface area contributed by atoms with Crippen LogP contribution in [0.4, 0.5) is 11.6 Å². The van der Waals surface area contributed by atoms with E-state index in [9.17, 15) is 0 Å². The minimum Gasteiger partial charge on any atom is -0.370 e.